The maximum Gasteiger partial charge on any atom is 0.291 e. The van der Waals surface area contributed by atoms with Gasteiger partial charge in [-0.15, -0.1) is 0 Å². The molecule has 1 saturated heterocycles. The fourth-order valence-electron chi connectivity index (χ4n) is 2.84. The van der Waals surface area contributed by atoms with Crippen LogP contribution in [-0.4, -0.2) is 47.0 Å². The quantitative estimate of drug-likeness (QED) is 0.869. The molecule has 0 aromatic carbocycles. The topological polar surface area (TPSA) is 62.5 Å². The second-order valence-electron chi connectivity index (χ2n) is 5.66. The molecule has 22 heavy (non-hydrogen) atoms. The fraction of sp³-hybridized carbons (Fsp3) is 0.438. The maximum absolute atomic E-state index is 12.4. The number of carbonyl (C=O) groups is 1. The minimum Gasteiger partial charge on any atom is -0.438 e. The van der Waals surface area contributed by atoms with Crippen LogP contribution >= 0.6 is 0 Å². The summed E-state index contributed by atoms with van der Waals surface area (Å²) in [6, 6.07) is 6.18. The molecule has 0 spiro atoms. The van der Waals surface area contributed by atoms with Crippen LogP contribution in [-0.2, 0) is 0 Å². The minimum absolute atomic E-state index is 0.124. The highest BCUT2D eigenvalue weighted by Crippen LogP contribution is 2.21. The van der Waals surface area contributed by atoms with Crippen molar-refractivity contribution in [2.75, 3.05) is 25.0 Å². The second-order valence-corrected chi connectivity index (χ2v) is 5.66. The Bertz CT molecular complexity index is 641. The predicted octanol–water partition coefficient (Wildman–Crippen LogP) is 2.12. The molecular weight excluding hydrogens is 280 g/mol. The van der Waals surface area contributed by atoms with Crippen LogP contribution in [0, 0.1) is 6.92 Å². The van der Waals surface area contributed by atoms with E-state index >= 15 is 0 Å². The normalized spacial score (nSPS) is 18.3. The largest absolute Gasteiger partial charge is 0.438 e. The molecule has 3 heterocycles. The first-order valence-electron chi connectivity index (χ1n) is 7.49. The van der Waals surface area contributed by atoms with E-state index in [2.05, 4.69) is 14.9 Å². The van der Waals surface area contributed by atoms with E-state index in [4.69, 9.17) is 4.42 Å². The highest BCUT2D eigenvalue weighted by atomic mass is 16.3. The summed E-state index contributed by atoms with van der Waals surface area (Å²) in [7, 11) is 1.82. The Balaban J connectivity index is 1.71. The summed E-state index contributed by atoms with van der Waals surface area (Å²) in [5.74, 6) is 1.14. The Morgan fingerprint density at radius 3 is 3.05 bits per heavy atom. The lowest BCUT2D eigenvalue weighted by Crippen LogP contribution is -2.48. The molecule has 6 nitrogen and oxygen atoms in total. The Morgan fingerprint density at radius 1 is 1.45 bits per heavy atom. The number of hydrogen-bond acceptors (Lipinski definition) is 5. The van der Waals surface area contributed by atoms with Gasteiger partial charge in [-0.05, 0) is 31.9 Å². The molecule has 3 rings (SSSR count). The number of rotatable bonds is 3. The smallest absolute Gasteiger partial charge is 0.291 e. The van der Waals surface area contributed by atoms with Crippen LogP contribution in [0.2, 0.25) is 0 Å². The van der Waals surface area contributed by atoms with Crippen molar-refractivity contribution in [3.8, 4) is 0 Å². The van der Waals surface area contributed by atoms with Crippen molar-refractivity contribution in [3.05, 3.63) is 42.2 Å². The SMILES string of the molecule is Cc1cccc(N2CCC[C@@H](N(C)C(=O)c3cnco3)C2)n1. The van der Waals surface area contributed by atoms with Gasteiger partial charge in [0.1, 0.15) is 5.82 Å². The first-order valence-corrected chi connectivity index (χ1v) is 7.49. The highest BCUT2D eigenvalue weighted by molar-refractivity contribution is 5.91. The monoisotopic (exact) mass is 300 g/mol. The van der Waals surface area contributed by atoms with Crippen LogP contribution in [0.1, 0.15) is 29.1 Å². The third kappa shape index (κ3) is 2.95. The number of piperidine rings is 1. The van der Waals surface area contributed by atoms with Gasteiger partial charge in [-0.1, -0.05) is 6.07 Å². The molecule has 1 aliphatic rings. The minimum atomic E-state index is -0.124. The van der Waals surface area contributed by atoms with E-state index in [0.717, 1.165) is 37.4 Å². The number of nitrogens with zero attached hydrogens (tertiary/aromatic N) is 4. The van der Waals surface area contributed by atoms with Crippen LogP contribution in [0.5, 0.6) is 0 Å². The van der Waals surface area contributed by atoms with Crippen LogP contribution in [0.4, 0.5) is 5.82 Å². The Morgan fingerprint density at radius 2 is 2.32 bits per heavy atom. The first-order chi connectivity index (χ1) is 10.6. The molecule has 116 valence electrons. The Kier molecular flexibility index (Phi) is 4.09. The molecule has 6 heteroatoms. The van der Waals surface area contributed by atoms with Gasteiger partial charge in [0.2, 0.25) is 5.76 Å². The average Bonchev–Trinajstić information content (AvgIpc) is 3.08. The van der Waals surface area contributed by atoms with Crippen molar-refractivity contribution in [2.24, 2.45) is 0 Å². The van der Waals surface area contributed by atoms with Crippen LogP contribution in [0.25, 0.3) is 0 Å². The molecule has 1 aliphatic heterocycles. The number of aromatic nitrogens is 2. The molecule has 0 radical (unpaired) electrons. The zero-order chi connectivity index (χ0) is 15.5. The van der Waals surface area contributed by atoms with E-state index in [0.29, 0.717) is 0 Å². The molecular formula is C16H20N4O2. The van der Waals surface area contributed by atoms with Crippen molar-refractivity contribution in [2.45, 2.75) is 25.8 Å². The molecule has 1 amide bonds. The number of likely N-dealkylation sites (N-methyl/N-ethyl adjacent to an activating group) is 1. The lowest BCUT2D eigenvalue weighted by atomic mass is 10.0. The summed E-state index contributed by atoms with van der Waals surface area (Å²) in [6.45, 7) is 3.74. The van der Waals surface area contributed by atoms with Crippen molar-refractivity contribution < 1.29 is 9.21 Å². The molecule has 1 atom stereocenters. The number of oxazole rings is 1. The lowest BCUT2D eigenvalue weighted by molar-refractivity contribution is 0.0685. The molecule has 1 fully saturated rings. The maximum atomic E-state index is 12.4. The van der Waals surface area contributed by atoms with Gasteiger partial charge < -0.3 is 14.2 Å². The van der Waals surface area contributed by atoms with Gasteiger partial charge in [0.05, 0.1) is 6.20 Å². The van der Waals surface area contributed by atoms with Gasteiger partial charge >= 0.3 is 0 Å². The van der Waals surface area contributed by atoms with E-state index in [1.54, 1.807) is 4.90 Å². The van der Waals surface area contributed by atoms with Gasteiger partial charge in [-0.2, -0.15) is 0 Å². The third-order valence-corrected chi connectivity index (χ3v) is 4.11. The highest BCUT2D eigenvalue weighted by Gasteiger charge is 2.28. The van der Waals surface area contributed by atoms with Crippen molar-refractivity contribution in [1.82, 2.24) is 14.9 Å². The average molecular weight is 300 g/mol. The Labute approximate surface area is 129 Å². The molecule has 0 aliphatic carbocycles. The van der Waals surface area contributed by atoms with Gasteiger partial charge in [-0.25, -0.2) is 9.97 Å². The molecule has 2 aromatic rings. The van der Waals surface area contributed by atoms with E-state index in [1.165, 1.54) is 12.6 Å². The van der Waals surface area contributed by atoms with E-state index < -0.39 is 0 Å². The summed E-state index contributed by atoms with van der Waals surface area (Å²) in [4.78, 5) is 24.7. The van der Waals surface area contributed by atoms with Crippen LogP contribution < -0.4 is 4.90 Å². The fourth-order valence-corrected chi connectivity index (χ4v) is 2.84. The molecule has 0 bridgehead atoms. The summed E-state index contributed by atoms with van der Waals surface area (Å²) < 4.78 is 5.11. The molecule has 0 saturated carbocycles. The standard InChI is InChI=1S/C16H20N4O2/c1-12-5-3-7-15(18-12)20-8-4-6-13(10-20)19(2)16(21)14-9-17-11-22-14/h3,5,7,9,11,13H,4,6,8,10H2,1-2H3/t13-/m1/s1. The number of amides is 1. The Hall–Kier alpha value is -2.37. The second kappa shape index (κ2) is 6.17. The summed E-state index contributed by atoms with van der Waals surface area (Å²) in [5.41, 5.74) is 1.01. The van der Waals surface area contributed by atoms with E-state index in [1.807, 2.05) is 32.2 Å². The third-order valence-electron chi connectivity index (χ3n) is 4.11. The van der Waals surface area contributed by atoms with Crippen molar-refractivity contribution in [3.63, 3.8) is 0 Å². The summed E-state index contributed by atoms with van der Waals surface area (Å²) in [5, 5.41) is 0. The van der Waals surface area contributed by atoms with Crippen molar-refractivity contribution in [1.29, 1.82) is 0 Å². The molecule has 2 aromatic heterocycles. The van der Waals surface area contributed by atoms with Gasteiger partial charge in [0.15, 0.2) is 6.39 Å². The van der Waals surface area contributed by atoms with Crippen molar-refractivity contribution >= 4 is 11.7 Å². The van der Waals surface area contributed by atoms with Crippen LogP contribution in [0.3, 0.4) is 0 Å². The lowest BCUT2D eigenvalue weighted by Gasteiger charge is -2.38. The number of carbonyl (C=O) groups excluding carboxylic acids is 1. The molecule has 0 N–H and O–H groups in total. The van der Waals surface area contributed by atoms with Gasteiger partial charge in [0, 0.05) is 31.9 Å². The number of pyridine rings is 1. The van der Waals surface area contributed by atoms with E-state index in [9.17, 15) is 4.79 Å². The number of hydrogen-bond donors (Lipinski definition) is 0. The zero-order valence-corrected chi connectivity index (χ0v) is 12.9. The number of aryl methyl sites for hydroxylation is 1. The zero-order valence-electron chi connectivity index (χ0n) is 12.9. The summed E-state index contributed by atoms with van der Waals surface area (Å²) >= 11 is 0. The number of anilines is 1. The van der Waals surface area contributed by atoms with Gasteiger partial charge in [-0.3, -0.25) is 4.79 Å². The predicted molar refractivity (Wildman–Crippen MR) is 82.8 cm³/mol. The van der Waals surface area contributed by atoms with E-state index in [-0.39, 0.29) is 17.7 Å². The van der Waals surface area contributed by atoms with Gasteiger partial charge in [0.25, 0.3) is 5.91 Å². The van der Waals surface area contributed by atoms with Crippen LogP contribution in [0.15, 0.2) is 35.2 Å². The molecule has 0 unspecified atom stereocenters. The first kappa shape index (κ1) is 14.6. The summed E-state index contributed by atoms with van der Waals surface area (Å²) in [6.07, 6.45) is 4.76.